The third-order valence-corrected chi connectivity index (χ3v) is 3.46. The third-order valence-electron chi connectivity index (χ3n) is 1.83. The molecule has 0 unspecified atom stereocenters. The van der Waals surface area contributed by atoms with Gasteiger partial charge in [-0.05, 0) is 24.6 Å². The van der Waals surface area contributed by atoms with E-state index < -0.39 is 0 Å². The molecule has 0 spiro atoms. The van der Waals surface area contributed by atoms with Crippen LogP contribution in [0.5, 0.6) is 0 Å². The van der Waals surface area contributed by atoms with Crippen molar-refractivity contribution in [3.63, 3.8) is 0 Å². The highest BCUT2D eigenvalue weighted by molar-refractivity contribution is 14.1. The lowest BCUT2D eigenvalue weighted by molar-refractivity contribution is 0.682. The molecule has 4 heteroatoms. The van der Waals surface area contributed by atoms with Crippen molar-refractivity contribution in [2.45, 2.75) is 13.0 Å². The molecule has 0 saturated heterocycles. The summed E-state index contributed by atoms with van der Waals surface area (Å²) in [5, 5.41) is 4.61. The molecule has 0 heterocycles. The molecule has 0 amide bonds. The van der Waals surface area contributed by atoms with E-state index in [-0.39, 0.29) is 0 Å². The van der Waals surface area contributed by atoms with Crippen molar-refractivity contribution in [1.29, 1.82) is 0 Å². The quantitative estimate of drug-likeness (QED) is 0.485. The average molecular weight is 344 g/mol. The molecule has 1 aromatic carbocycles. The summed E-state index contributed by atoms with van der Waals surface area (Å²) in [6.07, 6.45) is 1.18. The van der Waals surface area contributed by atoms with E-state index in [1.807, 2.05) is 12.1 Å². The molecule has 1 N–H and O–H groups in total. The lowest BCUT2D eigenvalue weighted by Crippen LogP contribution is -2.15. The summed E-state index contributed by atoms with van der Waals surface area (Å²) in [5.41, 5.74) is 1.06. The van der Waals surface area contributed by atoms with Crippen molar-refractivity contribution < 1.29 is 0 Å². The Kier molecular flexibility index (Phi) is 6.17. The fraction of sp³-hybridized carbons (Fsp3) is 0.400. The number of rotatable bonds is 5. The number of hydrogen-bond acceptors (Lipinski definition) is 1. The smallest absolute Gasteiger partial charge is 0.0637 e. The van der Waals surface area contributed by atoms with Crippen molar-refractivity contribution in [3.05, 3.63) is 33.8 Å². The maximum Gasteiger partial charge on any atom is 0.0637 e. The van der Waals surface area contributed by atoms with E-state index in [1.54, 1.807) is 6.07 Å². The zero-order valence-corrected chi connectivity index (χ0v) is 11.4. The summed E-state index contributed by atoms with van der Waals surface area (Å²) < 4.78 is 1.17. The predicted molar refractivity (Wildman–Crippen MR) is 71.7 cm³/mol. The van der Waals surface area contributed by atoms with E-state index in [2.05, 4.69) is 27.9 Å². The zero-order chi connectivity index (χ0) is 10.4. The fourth-order valence-corrected chi connectivity index (χ4v) is 1.87. The highest BCUT2D eigenvalue weighted by Gasteiger charge is 2.02. The van der Waals surface area contributed by atoms with Gasteiger partial charge in [-0.3, -0.25) is 0 Å². The van der Waals surface area contributed by atoms with Crippen LogP contribution < -0.4 is 5.32 Å². The fourth-order valence-electron chi connectivity index (χ4n) is 1.10. The Morgan fingerprint density at radius 1 is 1.29 bits per heavy atom. The van der Waals surface area contributed by atoms with Gasteiger partial charge in [0.1, 0.15) is 0 Å². The van der Waals surface area contributed by atoms with E-state index in [9.17, 15) is 0 Å². The Labute approximate surface area is 108 Å². The summed E-state index contributed by atoms with van der Waals surface area (Å²) in [6, 6.07) is 5.72. The molecule has 1 nitrogen and oxygen atoms in total. The lowest BCUT2D eigenvalue weighted by Gasteiger charge is -2.06. The summed E-state index contributed by atoms with van der Waals surface area (Å²) >= 11 is 14.3. The maximum absolute atomic E-state index is 6.03. The minimum atomic E-state index is 0.625. The monoisotopic (exact) mass is 343 g/mol. The van der Waals surface area contributed by atoms with Gasteiger partial charge in [0.25, 0.3) is 0 Å². The minimum absolute atomic E-state index is 0.625. The zero-order valence-electron chi connectivity index (χ0n) is 7.69. The second kappa shape index (κ2) is 6.88. The van der Waals surface area contributed by atoms with Crippen LogP contribution in [0.25, 0.3) is 0 Å². The van der Waals surface area contributed by atoms with Gasteiger partial charge in [-0.2, -0.15) is 0 Å². The Hall–Kier alpha value is 0.490. The van der Waals surface area contributed by atoms with Gasteiger partial charge in [0.15, 0.2) is 0 Å². The molecule has 0 aliphatic heterocycles. The second-order valence-electron chi connectivity index (χ2n) is 2.93. The van der Waals surface area contributed by atoms with E-state index in [4.69, 9.17) is 23.2 Å². The van der Waals surface area contributed by atoms with Crippen LogP contribution in [0.15, 0.2) is 18.2 Å². The lowest BCUT2D eigenvalue weighted by atomic mass is 10.2. The molecule has 0 saturated carbocycles. The molecule has 0 atom stereocenters. The molecule has 1 rings (SSSR count). The number of hydrogen-bond donors (Lipinski definition) is 1. The van der Waals surface area contributed by atoms with Gasteiger partial charge in [0.2, 0.25) is 0 Å². The van der Waals surface area contributed by atoms with E-state index >= 15 is 0 Å². The Morgan fingerprint density at radius 3 is 2.79 bits per heavy atom. The molecule has 78 valence electrons. The summed E-state index contributed by atoms with van der Waals surface area (Å²) in [6.45, 7) is 1.81. The van der Waals surface area contributed by atoms with Gasteiger partial charge in [-0.15, -0.1) is 0 Å². The number of halogens is 3. The second-order valence-corrected chi connectivity index (χ2v) is 4.80. The van der Waals surface area contributed by atoms with Gasteiger partial charge in [0.05, 0.1) is 10.0 Å². The highest BCUT2D eigenvalue weighted by Crippen LogP contribution is 2.25. The first kappa shape index (κ1) is 12.6. The predicted octanol–water partition coefficient (Wildman–Crippen LogP) is 3.91. The first-order valence-corrected chi connectivity index (χ1v) is 6.73. The van der Waals surface area contributed by atoms with Gasteiger partial charge < -0.3 is 5.32 Å². The van der Waals surface area contributed by atoms with Crippen molar-refractivity contribution in [2.24, 2.45) is 0 Å². The molecule has 0 bridgehead atoms. The third kappa shape index (κ3) is 3.93. The van der Waals surface area contributed by atoms with Gasteiger partial charge in [0, 0.05) is 11.0 Å². The van der Waals surface area contributed by atoms with Crippen LogP contribution in [0.2, 0.25) is 10.0 Å². The van der Waals surface area contributed by atoms with Crippen LogP contribution in [0.4, 0.5) is 0 Å². The van der Waals surface area contributed by atoms with Gasteiger partial charge in [-0.1, -0.05) is 57.9 Å². The van der Waals surface area contributed by atoms with Crippen molar-refractivity contribution >= 4 is 45.8 Å². The summed E-state index contributed by atoms with van der Waals surface area (Å²) in [4.78, 5) is 0. The number of benzene rings is 1. The minimum Gasteiger partial charge on any atom is -0.313 e. The van der Waals surface area contributed by atoms with E-state index in [0.717, 1.165) is 18.7 Å². The van der Waals surface area contributed by atoms with Crippen LogP contribution in [-0.2, 0) is 6.54 Å². The van der Waals surface area contributed by atoms with Crippen molar-refractivity contribution in [1.82, 2.24) is 5.32 Å². The standard InChI is InChI=1S/C10H12Cl2IN/c11-9-4-1-3-8(10(9)12)7-14-6-2-5-13/h1,3-4,14H,2,5-7H2. The molecule has 14 heavy (non-hydrogen) atoms. The highest BCUT2D eigenvalue weighted by atomic mass is 127. The summed E-state index contributed by atoms with van der Waals surface area (Å²) in [7, 11) is 0. The average Bonchev–Trinajstić information content (AvgIpc) is 2.19. The van der Waals surface area contributed by atoms with E-state index in [1.165, 1.54) is 10.8 Å². The van der Waals surface area contributed by atoms with Crippen LogP contribution >= 0.6 is 45.8 Å². The topological polar surface area (TPSA) is 12.0 Å². The van der Waals surface area contributed by atoms with Crippen LogP contribution in [-0.4, -0.2) is 11.0 Å². The summed E-state index contributed by atoms with van der Waals surface area (Å²) in [5.74, 6) is 0. The Bertz CT molecular complexity index is 291. The van der Waals surface area contributed by atoms with Crippen LogP contribution in [0.1, 0.15) is 12.0 Å². The SMILES string of the molecule is Clc1cccc(CNCCCI)c1Cl. The van der Waals surface area contributed by atoms with Crippen LogP contribution in [0.3, 0.4) is 0 Å². The number of nitrogens with one attached hydrogen (secondary N) is 1. The molecular weight excluding hydrogens is 332 g/mol. The molecular formula is C10H12Cl2IN. The van der Waals surface area contributed by atoms with Crippen molar-refractivity contribution in [2.75, 3.05) is 11.0 Å². The molecule has 0 aliphatic carbocycles. The van der Waals surface area contributed by atoms with E-state index in [0.29, 0.717) is 10.0 Å². The Balaban J connectivity index is 2.46. The largest absolute Gasteiger partial charge is 0.313 e. The van der Waals surface area contributed by atoms with Crippen LogP contribution in [0, 0.1) is 0 Å². The first-order chi connectivity index (χ1) is 6.75. The molecule has 1 aromatic rings. The van der Waals surface area contributed by atoms with Crippen molar-refractivity contribution in [3.8, 4) is 0 Å². The molecule has 0 aromatic heterocycles. The maximum atomic E-state index is 6.03. The normalized spacial score (nSPS) is 10.5. The first-order valence-electron chi connectivity index (χ1n) is 4.45. The van der Waals surface area contributed by atoms with Gasteiger partial charge >= 0.3 is 0 Å². The molecule has 0 fully saturated rings. The molecule has 0 radical (unpaired) electrons. The van der Waals surface area contributed by atoms with Gasteiger partial charge in [-0.25, -0.2) is 0 Å². The number of alkyl halides is 1. The Morgan fingerprint density at radius 2 is 2.07 bits per heavy atom. The molecule has 0 aliphatic rings.